The quantitative estimate of drug-likeness (QED) is 0.913. The van der Waals surface area contributed by atoms with E-state index >= 15 is 0 Å². The summed E-state index contributed by atoms with van der Waals surface area (Å²) in [6.07, 6.45) is 0.0337. The van der Waals surface area contributed by atoms with Gasteiger partial charge in [0.2, 0.25) is 5.91 Å². The van der Waals surface area contributed by atoms with Gasteiger partial charge in [-0.3, -0.25) is 15.0 Å². The first kappa shape index (κ1) is 15.0. The van der Waals surface area contributed by atoms with Gasteiger partial charge in [-0.25, -0.2) is 9.40 Å². The number of carbonyl (C=O) groups excluding carboxylic acids is 2. The van der Waals surface area contributed by atoms with Crippen molar-refractivity contribution >= 4 is 40.4 Å². The van der Waals surface area contributed by atoms with Crippen molar-refractivity contribution < 1.29 is 14.0 Å². The molecule has 0 aliphatic carbocycles. The maximum absolute atomic E-state index is 13.5. The normalized spacial score (nSPS) is 21.9. The highest BCUT2D eigenvalue weighted by molar-refractivity contribution is 7.08. The van der Waals surface area contributed by atoms with Crippen LogP contribution in [0.5, 0.6) is 0 Å². The summed E-state index contributed by atoms with van der Waals surface area (Å²) in [5.41, 5.74) is 2.35. The van der Waals surface area contributed by atoms with Crippen molar-refractivity contribution in [1.29, 1.82) is 0 Å². The molecule has 2 amide bonds. The second kappa shape index (κ2) is 5.37. The van der Waals surface area contributed by atoms with Gasteiger partial charge in [0.05, 0.1) is 16.1 Å². The molecular weight excluding hydrogens is 327 g/mol. The molecule has 1 saturated heterocycles. The Morgan fingerprint density at radius 3 is 2.82 bits per heavy atom. The minimum absolute atomic E-state index is 0.0337. The highest BCUT2D eigenvalue weighted by Gasteiger charge is 2.46. The zero-order chi connectivity index (χ0) is 15.9. The lowest BCUT2D eigenvalue weighted by Crippen LogP contribution is -2.60. The monoisotopic (exact) mass is 338 g/mol. The molecule has 1 atom stereocenters. The second-order valence-electron chi connectivity index (χ2n) is 5.29. The van der Waals surface area contributed by atoms with Gasteiger partial charge in [0.1, 0.15) is 5.82 Å². The first-order valence-electron chi connectivity index (χ1n) is 6.53. The van der Waals surface area contributed by atoms with Crippen LogP contribution >= 0.6 is 22.9 Å². The van der Waals surface area contributed by atoms with Crippen LogP contribution in [0.25, 0.3) is 0 Å². The number of halogens is 2. The molecule has 1 aromatic carbocycles. The molecule has 0 bridgehead atoms. The van der Waals surface area contributed by atoms with Gasteiger partial charge >= 0.3 is 0 Å². The number of amides is 2. The van der Waals surface area contributed by atoms with Crippen molar-refractivity contribution in [2.24, 2.45) is 0 Å². The zero-order valence-electron chi connectivity index (χ0n) is 11.6. The number of hydrazine groups is 1. The minimum atomic E-state index is -1.00. The number of benzene rings is 1. The average Bonchev–Trinajstić information content (AvgIpc) is 3.00. The van der Waals surface area contributed by atoms with Crippen LogP contribution in [0.1, 0.15) is 18.9 Å². The van der Waals surface area contributed by atoms with E-state index in [-0.39, 0.29) is 28.9 Å². The lowest BCUT2D eigenvalue weighted by molar-refractivity contribution is -0.136. The molecule has 3 rings (SSSR count). The van der Waals surface area contributed by atoms with Gasteiger partial charge in [0.25, 0.3) is 5.91 Å². The van der Waals surface area contributed by atoms with Gasteiger partial charge in [0.15, 0.2) is 0 Å². The summed E-state index contributed by atoms with van der Waals surface area (Å²) in [5, 5.41) is 4.90. The molecule has 1 aromatic heterocycles. The summed E-state index contributed by atoms with van der Waals surface area (Å²) in [4.78, 5) is 25.0. The van der Waals surface area contributed by atoms with Crippen LogP contribution in [0.2, 0.25) is 5.02 Å². The van der Waals surface area contributed by atoms with Crippen molar-refractivity contribution in [3.05, 3.63) is 51.4 Å². The number of nitrogens with zero attached hydrogens (tertiary/aromatic N) is 1. The molecule has 2 aromatic rings. The zero-order valence-corrected chi connectivity index (χ0v) is 13.2. The van der Waals surface area contributed by atoms with Crippen molar-refractivity contribution in [3.63, 3.8) is 0 Å². The molecule has 7 heteroatoms. The van der Waals surface area contributed by atoms with E-state index in [0.717, 1.165) is 16.6 Å². The molecule has 0 saturated carbocycles. The van der Waals surface area contributed by atoms with Gasteiger partial charge in [-0.2, -0.15) is 11.3 Å². The van der Waals surface area contributed by atoms with Gasteiger partial charge < -0.3 is 0 Å². The summed E-state index contributed by atoms with van der Waals surface area (Å²) in [6.45, 7) is 1.70. The summed E-state index contributed by atoms with van der Waals surface area (Å²) in [7, 11) is 0. The standard InChI is InChI=1S/C15H12ClFN2O2S/c1-15(9-4-5-22-8-9)7-13(20)18-19(14(15)21)12-6-10(17)2-3-11(12)16/h2-6,8H,7H2,1H3,(H,18,20). The average molecular weight is 339 g/mol. The SMILES string of the molecule is CC1(c2ccsc2)CC(=O)NN(c2cc(F)ccc2Cl)C1=O. The number of nitrogens with one attached hydrogen (secondary N) is 1. The molecule has 1 N–H and O–H groups in total. The van der Waals surface area contributed by atoms with Crippen molar-refractivity contribution in [2.75, 3.05) is 5.01 Å². The van der Waals surface area contributed by atoms with Crippen molar-refractivity contribution in [2.45, 2.75) is 18.8 Å². The van der Waals surface area contributed by atoms with Crippen LogP contribution in [0, 0.1) is 5.82 Å². The van der Waals surface area contributed by atoms with E-state index in [9.17, 15) is 14.0 Å². The highest BCUT2D eigenvalue weighted by atomic mass is 35.5. The summed E-state index contributed by atoms with van der Waals surface area (Å²) < 4.78 is 13.5. The molecule has 1 aliphatic heterocycles. The molecule has 1 aliphatic rings. The summed E-state index contributed by atoms with van der Waals surface area (Å²) in [6, 6.07) is 5.48. The van der Waals surface area contributed by atoms with E-state index in [1.807, 2.05) is 16.8 Å². The molecule has 0 radical (unpaired) electrons. The van der Waals surface area contributed by atoms with Gasteiger partial charge in [-0.15, -0.1) is 0 Å². The van der Waals surface area contributed by atoms with Crippen LogP contribution in [0.3, 0.4) is 0 Å². The third-order valence-electron chi connectivity index (χ3n) is 3.73. The Morgan fingerprint density at radius 2 is 2.14 bits per heavy atom. The molecule has 2 heterocycles. The Morgan fingerprint density at radius 1 is 1.36 bits per heavy atom. The largest absolute Gasteiger partial charge is 0.273 e. The van der Waals surface area contributed by atoms with Gasteiger partial charge in [-0.05, 0) is 41.4 Å². The molecule has 4 nitrogen and oxygen atoms in total. The molecular formula is C15H12ClFN2O2S. The number of thiophene rings is 1. The van der Waals surface area contributed by atoms with E-state index in [0.29, 0.717) is 0 Å². The number of rotatable bonds is 2. The predicted molar refractivity (Wildman–Crippen MR) is 83.3 cm³/mol. The fraction of sp³-hybridized carbons (Fsp3) is 0.200. The Bertz CT molecular complexity index is 750. The summed E-state index contributed by atoms with van der Waals surface area (Å²) >= 11 is 7.50. The third kappa shape index (κ3) is 2.38. The van der Waals surface area contributed by atoms with E-state index in [1.54, 1.807) is 6.92 Å². The molecule has 1 unspecified atom stereocenters. The smallest absolute Gasteiger partial charge is 0.256 e. The number of hydrogen-bond acceptors (Lipinski definition) is 3. The highest BCUT2D eigenvalue weighted by Crippen LogP contribution is 2.37. The Kier molecular flexibility index (Phi) is 3.66. The van der Waals surface area contributed by atoms with Crippen molar-refractivity contribution in [1.82, 2.24) is 5.43 Å². The summed E-state index contributed by atoms with van der Waals surface area (Å²) in [5.74, 6) is -1.21. The van der Waals surface area contributed by atoms with Crippen molar-refractivity contribution in [3.8, 4) is 0 Å². The first-order valence-corrected chi connectivity index (χ1v) is 7.86. The fourth-order valence-corrected chi connectivity index (χ4v) is 3.48. The Hall–Kier alpha value is -1.92. The Balaban J connectivity index is 2.07. The lowest BCUT2D eigenvalue weighted by atomic mass is 9.78. The minimum Gasteiger partial charge on any atom is -0.273 e. The van der Waals surface area contributed by atoms with E-state index < -0.39 is 11.2 Å². The van der Waals surface area contributed by atoms with E-state index in [1.165, 1.54) is 23.5 Å². The number of carbonyl (C=O) groups is 2. The van der Waals surface area contributed by atoms with Gasteiger partial charge in [0, 0.05) is 12.5 Å². The molecule has 22 heavy (non-hydrogen) atoms. The fourth-order valence-electron chi connectivity index (χ4n) is 2.49. The molecule has 114 valence electrons. The maximum atomic E-state index is 13.5. The van der Waals surface area contributed by atoms with Crippen LogP contribution < -0.4 is 10.4 Å². The number of anilines is 1. The van der Waals surface area contributed by atoms with Crippen LogP contribution in [0.15, 0.2) is 35.0 Å². The molecule has 0 spiro atoms. The number of hydrogen-bond donors (Lipinski definition) is 1. The van der Waals surface area contributed by atoms with E-state index in [2.05, 4.69) is 5.43 Å². The molecule has 1 fully saturated rings. The van der Waals surface area contributed by atoms with Crippen LogP contribution in [-0.2, 0) is 15.0 Å². The second-order valence-corrected chi connectivity index (χ2v) is 6.48. The van der Waals surface area contributed by atoms with Gasteiger partial charge in [-0.1, -0.05) is 11.6 Å². The van der Waals surface area contributed by atoms with Crippen LogP contribution in [0.4, 0.5) is 10.1 Å². The Labute approximate surface area is 135 Å². The predicted octanol–water partition coefficient (Wildman–Crippen LogP) is 3.27. The maximum Gasteiger partial charge on any atom is 0.256 e. The van der Waals surface area contributed by atoms with Crippen LogP contribution in [-0.4, -0.2) is 11.8 Å². The topological polar surface area (TPSA) is 49.4 Å². The first-order chi connectivity index (χ1) is 10.4. The van der Waals surface area contributed by atoms with E-state index in [4.69, 9.17) is 11.6 Å². The lowest BCUT2D eigenvalue weighted by Gasteiger charge is -2.39. The third-order valence-corrected chi connectivity index (χ3v) is 4.74.